The molecule has 1 aromatic rings. The zero-order valence-electron chi connectivity index (χ0n) is 17.9. The van der Waals surface area contributed by atoms with Crippen LogP contribution in [0.5, 0.6) is 0 Å². The lowest BCUT2D eigenvalue weighted by molar-refractivity contribution is -0.139. The van der Waals surface area contributed by atoms with E-state index in [4.69, 9.17) is 0 Å². The van der Waals surface area contributed by atoms with Crippen LogP contribution in [0.25, 0.3) is 0 Å². The largest absolute Gasteiger partial charge is 0.300 e. The highest BCUT2D eigenvalue weighted by Gasteiger charge is 2.55. The molecule has 27 heavy (non-hydrogen) atoms. The fourth-order valence-corrected chi connectivity index (χ4v) is 5.26. The zero-order chi connectivity index (χ0) is 19.6. The van der Waals surface area contributed by atoms with Gasteiger partial charge in [-0.2, -0.15) is 0 Å². The third-order valence-electron chi connectivity index (χ3n) is 7.00. The Labute approximate surface area is 165 Å². The van der Waals surface area contributed by atoms with Gasteiger partial charge in [0.15, 0.2) is 0 Å². The van der Waals surface area contributed by atoms with E-state index < -0.39 is 0 Å². The van der Waals surface area contributed by atoms with Gasteiger partial charge in [0.2, 0.25) is 0 Å². The number of nitrogens with zero attached hydrogens (tertiary/aromatic N) is 3. The zero-order valence-corrected chi connectivity index (χ0v) is 17.9. The molecular formula is C23H37N3O. The molecule has 0 radical (unpaired) electrons. The number of Topliss-reactive ketones (excluding diaryl/α,β-unsaturated/α-hetero) is 1. The first kappa shape index (κ1) is 20.4. The van der Waals surface area contributed by atoms with E-state index in [0.717, 1.165) is 24.7 Å². The minimum absolute atomic E-state index is 0.375. The molecule has 0 bridgehead atoms. The van der Waals surface area contributed by atoms with Crippen molar-refractivity contribution in [2.75, 3.05) is 13.1 Å². The molecular weight excluding hydrogens is 334 g/mol. The Morgan fingerprint density at radius 1 is 1.07 bits per heavy atom. The second kappa shape index (κ2) is 8.38. The lowest BCUT2D eigenvalue weighted by Crippen LogP contribution is -2.58. The lowest BCUT2D eigenvalue weighted by atomic mass is 9.49. The highest BCUT2D eigenvalue weighted by Crippen LogP contribution is 2.60. The highest BCUT2D eigenvalue weighted by atomic mass is 16.1. The molecule has 0 amide bonds. The molecule has 1 spiro atoms. The normalized spacial score (nSPS) is 31.0. The summed E-state index contributed by atoms with van der Waals surface area (Å²) in [5.41, 5.74) is 1.86. The summed E-state index contributed by atoms with van der Waals surface area (Å²) < 4.78 is 0. The van der Waals surface area contributed by atoms with Gasteiger partial charge >= 0.3 is 0 Å². The molecule has 1 saturated heterocycles. The molecule has 0 atom stereocenters. The maximum absolute atomic E-state index is 11.4. The van der Waals surface area contributed by atoms with Gasteiger partial charge in [-0.1, -0.05) is 27.7 Å². The van der Waals surface area contributed by atoms with Crippen molar-refractivity contribution in [1.29, 1.82) is 0 Å². The van der Waals surface area contributed by atoms with Crippen molar-refractivity contribution in [3.8, 4) is 0 Å². The van der Waals surface area contributed by atoms with Crippen molar-refractivity contribution in [3.05, 3.63) is 23.8 Å². The van der Waals surface area contributed by atoms with Crippen LogP contribution in [0.4, 0.5) is 0 Å². The molecule has 4 nitrogen and oxygen atoms in total. The number of carbonyl (C=O) groups is 1. The van der Waals surface area contributed by atoms with E-state index in [2.05, 4.69) is 41.1 Å². The van der Waals surface area contributed by atoms with Crippen LogP contribution in [0.3, 0.4) is 0 Å². The molecule has 3 aliphatic rings. The molecule has 2 saturated carbocycles. The van der Waals surface area contributed by atoms with Crippen molar-refractivity contribution in [2.45, 2.75) is 91.0 Å². The Bertz CT molecular complexity index is 618. The first-order chi connectivity index (χ1) is 13.0. The van der Waals surface area contributed by atoms with Crippen molar-refractivity contribution >= 4 is 5.78 Å². The van der Waals surface area contributed by atoms with E-state index >= 15 is 0 Å². The third-order valence-corrected chi connectivity index (χ3v) is 7.00. The van der Waals surface area contributed by atoms with E-state index in [1.54, 1.807) is 6.92 Å². The summed E-state index contributed by atoms with van der Waals surface area (Å²) in [6.07, 6.45) is 11.5. The Hall–Kier alpha value is -1.29. The van der Waals surface area contributed by atoms with Gasteiger partial charge in [0.05, 0.1) is 0 Å². The molecule has 1 aromatic heterocycles. The summed E-state index contributed by atoms with van der Waals surface area (Å²) in [7, 11) is 0. The van der Waals surface area contributed by atoms with Crippen LogP contribution in [0.2, 0.25) is 0 Å². The average molecular weight is 372 g/mol. The Balaban J connectivity index is 0.00000102. The summed E-state index contributed by atoms with van der Waals surface area (Å²) in [4.78, 5) is 23.2. The summed E-state index contributed by atoms with van der Waals surface area (Å²) in [6, 6.07) is 0.772. The van der Waals surface area contributed by atoms with Crippen molar-refractivity contribution in [1.82, 2.24) is 14.9 Å². The third kappa shape index (κ3) is 4.26. The molecule has 2 aliphatic carbocycles. The number of hydrogen-bond donors (Lipinski definition) is 0. The van der Waals surface area contributed by atoms with E-state index in [1.165, 1.54) is 44.3 Å². The first-order valence-electron chi connectivity index (χ1n) is 11.0. The standard InChI is InChI=1S/C21H31N3O.C2H6/c1-14(2)20-22-12-18(13-23-20)16-4-6-24(7-5-16)19-10-21(11-19)8-17(9-21)15(3)25;1-2/h12-14,16-17,19H,4-11H2,1-3H3;1-2H3. The van der Waals surface area contributed by atoms with Gasteiger partial charge in [-0.15, -0.1) is 0 Å². The lowest BCUT2D eigenvalue weighted by Gasteiger charge is -2.60. The molecule has 1 aliphatic heterocycles. The van der Waals surface area contributed by atoms with Gasteiger partial charge in [-0.3, -0.25) is 4.79 Å². The van der Waals surface area contributed by atoms with E-state index in [1.807, 2.05) is 13.8 Å². The maximum Gasteiger partial charge on any atom is 0.132 e. The number of rotatable bonds is 4. The Kier molecular flexibility index (Phi) is 6.35. The second-order valence-corrected chi connectivity index (χ2v) is 9.12. The van der Waals surface area contributed by atoms with Crippen molar-refractivity contribution in [3.63, 3.8) is 0 Å². The van der Waals surface area contributed by atoms with Crippen LogP contribution < -0.4 is 0 Å². The Morgan fingerprint density at radius 3 is 2.11 bits per heavy atom. The summed E-state index contributed by atoms with van der Waals surface area (Å²) in [5, 5.41) is 0. The van der Waals surface area contributed by atoms with Gasteiger partial charge in [-0.05, 0) is 75.4 Å². The molecule has 4 heteroatoms. The predicted octanol–water partition coefficient (Wildman–Crippen LogP) is 4.95. The van der Waals surface area contributed by atoms with Gasteiger partial charge in [0.1, 0.15) is 11.6 Å². The van der Waals surface area contributed by atoms with E-state index in [0.29, 0.717) is 29.0 Å². The van der Waals surface area contributed by atoms with Crippen LogP contribution in [0, 0.1) is 11.3 Å². The fourth-order valence-electron chi connectivity index (χ4n) is 5.26. The summed E-state index contributed by atoms with van der Waals surface area (Å²) in [5.74, 6) is 2.75. The molecule has 0 aromatic carbocycles. The monoisotopic (exact) mass is 371 g/mol. The van der Waals surface area contributed by atoms with E-state index in [9.17, 15) is 4.79 Å². The molecule has 0 unspecified atom stereocenters. The van der Waals surface area contributed by atoms with E-state index in [-0.39, 0.29) is 0 Å². The molecule has 4 rings (SSSR count). The average Bonchev–Trinajstić information content (AvgIpc) is 2.61. The summed E-state index contributed by atoms with van der Waals surface area (Å²) >= 11 is 0. The first-order valence-corrected chi connectivity index (χ1v) is 11.0. The Morgan fingerprint density at radius 2 is 1.63 bits per heavy atom. The molecule has 0 N–H and O–H groups in total. The van der Waals surface area contributed by atoms with Crippen molar-refractivity contribution in [2.24, 2.45) is 11.3 Å². The van der Waals surface area contributed by atoms with Crippen LogP contribution in [0.15, 0.2) is 12.4 Å². The second-order valence-electron chi connectivity index (χ2n) is 9.12. The fraction of sp³-hybridized carbons (Fsp3) is 0.783. The van der Waals surface area contributed by atoms with Crippen LogP contribution in [-0.2, 0) is 4.79 Å². The predicted molar refractivity (Wildman–Crippen MR) is 110 cm³/mol. The quantitative estimate of drug-likeness (QED) is 0.751. The van der Waals surface area contributed by atoms with Gasteiger partial charge in [0, 0.05) is 30.3 Å². The molecule has 2 heterocycles. The smallest absolute Gasteiger partial charge is 0.132 e. The van der Waals surface area contributed by atoms with Crippen molar-refractivity contribution < 1.29 is 4.79 Å². The van der Waals surface area contributed by atoms with Crippen LogP contribution in [0.1, 0.15) is 96.4 Å². The number of ketones is 1. The number of hydrogen-bond acceptors (Lipinski definition) is 4. The van der Waals surface area contributed by atoms with Gasteiger partial charge in [0.25, 0.3) is 0 Å². The van der Waals surface area contributed by atoms with Crippen LogP contribution >= 0.6 is 0 Å². The SMILES string of the molecule is CC.CC(=O)C1CC2(C1)CC(N1CCC(c3cnc(C(C)C)nc3)CC1)C2. The maximum atomic E-state index is 11.4. The number of aromatic nitrogens is 2. The minimum atomic E-state index is 0.375. The minimum Gasteiger partial charge on any atom is -0.300 e. The molecule has 150 valence electrons. The van der Waals surface area contributed by atoms with Gasteiger partial charge < -0.3 is 4.90 Å². The summed E-state index contributed by atoms with van der Waals surface area (Å²) in [6.45, 7) is 12.4. The van der Waals surface area contributed by atoms with Crippen LogP contribution in [-0.4, -0.2) is 39.8 Å². The topological polar surface area (TPSA) is 46.1 Å². The number of likely N-dealkylation sites (tertiary alicyclic amines) is 1. The molecule has 3 fully saturated rings. The number of carbonyl (C=O) groups excluding carboxylic acids is 1. The van der Waals surface area contributed by atoms with Gasteiger partial charge in [-0.25, -0.2) is 9.97 Å². The highest BCUT2D eigenvalue weighted by molar-refractivity contribution is 5.79. The number of piperidine rings is 1.